The van der Waals surface area contributed by atoms with Crippen LogP contribution in [0.3, 0.4) is 0 Å². The van der Waals surface area contributed by atoms with Crippen molar-refractivity contribution in [3.63, 3.8) is 0 Å². The zero-order valence-electron chi connectivity index (χ0n) is 11.1. The van der Waals surface area contributed by atoms with Crippen LogP contribution in [-0.2, 0) is 14.6 Å². The molecule has 110 valence electrons. The van der Waals surface area contributed by atoms with Gasteiger partial charge in [0.1, 0.15) is 5.82 Å². The third-order valence-corrected chi connectivity index (χ3v) is 4.56. The van der Waals surface area contributed by atoms with E-state index in [4.69, 9.17) is 0 Å². The number of hydrogen-bond acceptors (Lipinski definition) is 3. The number of hydrogen-bond donors (Lipinski definition) is 1. The SMILES string of the molecule is O=C(CCS(=O)(=O)c1ccccc1)Nc1ccc(F)cc1. The maximum Gasteiger partial charge on any atom is 0.225 e. The Hall–Kier alpha value is -2.21. The zero-order chi connectivity index (χ0) is 15.3. The van der Waals surface area contributed by atoms with Crippen LogP contribution in [0.1, 0.15) is 6.42 Å². The van der Waals surface area contributed by atoms with Crippen molar-refractivity contribution in [2.75, 3.05) is 11.1 Å². The highest BCUT2D eigenvalue weighted by Crippen LogP contribution is 2.12. The number of halogens is 1. The van der Waals surface area contributed by atoms with Crippen molar-refractivity contribution in [1.29, 1.82) is 0 Å². The summed E-state index contributed by atoms with van der Waals surface area (Å²) in [5, 5.41) is 2.52. The number of carbonyl (C=O) groups is 1. The van der Waals surface area contributed by atoms with Crippen LogP contribution in [0.15, 0.2) is 59.5 Å². The van der Waals surface area contributed by atoms with Gasteiger partial charge in [-0.1, -0.05) is 18.2 Å². The Morgan fingerprint density at radius 3 is 2.24 bits per heavy atom. The number of sulfone groups is 1. The lowest BCUT2D eigenvalue weighted by atomic mass is 10.3. The first-order valence-electron chi connectivity index (χ1n) is 6.30. The summed E-state index contributed by atoms with van der Waals surface area (Å²) in [6, 6.07) is 13.2. The molecule has 0 atom stereocenters. The average molecular weight is 307 g/mol. The van der Waals surface area contributed by atoms with Crippen LogP contribution in [-0.4, -0.2) is 20.1 Å². The number of amides is 1. The van der Waals surface area contributed by atoms with E-state index >= 15 is 0 Å². The van der Waals surface area contributed by atoms with Crippen LogP contribution < -0.4 is 5.32 Å². The van der Waals surface area contributed by atoms with Gasteiger partial charge in [0.25, 0.3) is 0 Å². The fourth-order valence-corrected chi connectivity index (χ4v) is 2.99. The van der Waals surface area contributed by atoms with E-state index in [1.807, 2.05) is 0 Å². The molecule has 0 fully saturated rings. The van der Waals surface area contributed by atoms with Gasteiger partial charge in [-0.05, 0) is 36.4 Å². The molecule has 0 aliphatic heterocycles. The lowest BCUT2D eigenvalue weighted by Crippen LogP contribution is -2.17. The fraction of sp³-hybridized carbons (Fsp3) is 0.133. The maximum atomic E-state index is 12.7. The molecule has 0 aliphatic carbocycles. The van der Waals surface area contributed by atoms with E-state index in [-0.39, 0.29) is 17.1 Å². The zero-order valence-corrected chi connectivity index (χ0v) is 11.9. The summed E-state index contributed by atoms with van der Waals surface area (Å²) >= 11 is 0. The Morgan fingerprint density at radius 2 is 1.62 bits per heavy atom. The molecule has 0 bridgehead atoms. The Labute approximate surface area is 122 Å². The van der Waals surface area contributed by atoms with Gasteiger partial charge in [0.2, 0.25) is 5.91 Å². The molecule has 0 saturated carbocycles. The third kappa shape index (κ3) is 4.39. The van der Waals surface area contributed by atoms with Crippen molar-refractivity contribution >= 4 is 21.4 Å². The molecule has 21 heavy (non-hydrogen) atoms. The smallest absolute Gasteiger partial charge is 0.225 e. The van der Waals surface area contributed by atoms with Crippen LogP contribution in [0, 0.1) is 5.82 Å². The highest BCUT2D eigenvalue weighted by molar-refractivity contribution is 7.91. The maximum absolute atomic E-state index is 12.7. The average Bonchev–Trinajstić information content (AvgIpc) is 2.49. The number of benzene rings is 2. The molecular formula is C15H14FNO3S. The Morgan fingerprint density at radius 1 is 1.00 bits per heavy atom. The van der Waals surface area contributed by atoms with Gasteiger partial charge in [0.05, 0.1) is 10.6 Å². The quantitative estimate of drug-likeness (QED) is 0.923. The molecule has 6 heteroatoms. The Bertz CT molecular complexity index is 712. The lowest BCUT2D eigenvalue weighted by Gasteiger charge is -2.06. The molecule has 1 amide bonds. The predicted molar refractivity (Wildman–Crippen MR) is 78.1 cm³/mol. The molecule has 0 unspecified atom stereocenters. The van der Waals surface area contributed by atoms with Gasteiger partial charge in [0, 0.05) is 12.1 Å². The monoisotopic (exact) mass is 307 g/mol. The third-order valence-electron chi connectivity index (χ3n) is 2.83. The van der Waals surface area contributed by atoms with E-state index < -0.39 is 21.6 Å². The van der Waals surface area contributed by atoms with Crippen molar-refractivity contribution in [2.24, 2.45) is 0 Å². The molecule has 0 saturated heterocycles. The number of rotatable bonds is 5. The Kier molecular flexibility index (Phi) is 4.70. The van der Waals surface area contributed by atoms with Crippen LogP contribution >= 0.6 is 0 Å². The van der Waals surface area contributed by atoms with E-state index in [2.05, 4.69) is 5.32 Å². The van der Waals surface area contributed by atoms with Crippen molar-refractivity contribution in [2.45, 2.75) is 11.3 Å². The highest BCUT2D eigenvalue weighted by atomic mass is 32.2. The van der Waals surface area contributed by atoms with Crippen LogP contribution in [0.4, 0.5) is 10.1 Å². The summed E-state index contributed by atoms with van der Waals surface area (Å²) in [4.78, 5) is 11.9. The van der Waals surface area contributed by atoms with Crippen LogP contribution in [0.2, 0.25) is 0 Å². The molecule has 2 aromatic rings. The molecule has 2 rings (SSSR count). The van der Waals surface area contributed by atoms with Gasteiger partial charge < -0.3 is 5.32 Å². The van der Waals surface area contributed by atoms with Crippen molar-refractivity contribution in [3.8, 4) is 0 Å². The summed E-state index contributed by atoms with van der Waals surface area (Å²) < 4.78 is 36.7. The van der Waals surface area contributed by atoms with Gasteiger partial charge in [-0.2, -0.15) is 0 Å². The molecule has 0 spiro atoms. The number of nitrogens with one attached hydrogen (secondary N) is 1. The van der Waals surface area contributed by atoms with Gasteiger partial charge in [-0.25, -0.2) is 12.8 Å². The van der Waals surface area contributed by atoms with E-state index in [9.17, 15) is 17.6 Å². The van der Waals surface area contributed by atoms with Crippen molar-refractivity contribution in [1.82, 2.24) is 0 Å². The summed E-state index contributed by atoms with van der Waals surface area (Å²) in [6.45, 7) is 0. The normalized spacial score (nSPS) is 11.1. The minimum absolute atomic E-state index is 0.158. The summed E-state index contributed by atoms with van der Waals surface area (Å²) in [6.07, 6.45) is -0.158. The fourth-order valence-electron chi connectivity index (χ4n) is 1.73. The number of carbonyl (C=O) groups excluding carboxylic acids is 1. The number of anilines is 1. The van der Waals surface area contributed by atoms with Crippen LogP contribution in [0.5, 0.6) is 0 Å². The minimum atomic E-state index is -3.48. The lowest BCUT2D eigenvalue weighted by molar-refractivity contribution is -0.115. The largest absolute Gasteiger partial charge is 0.326 e. The highest BCUT2D eigenvalue weighted by Gasteiger charge is 2.16. The van der Waals surface area contributed by atoms with Gasteiger partial charge >= 0.3 is 0 Å². The second kappa shape index (κ2) is 6.49. The van der Waals surface area contributed by atoms with Crippen molar-refractivity contribution < 1.29 is 17.6 Å². The first-order chi connectivity index (χ1) is 9.97. The summed E-state index contributed by atoms with van der Waals surface area (Å²) in [5.74, 6) is -1.11. The predicted octanol–water partition coefficient (Wildman–Crippen LogP) is 2.63. The molecule has 1 N–H and O–H groups in total. The summed E-state index contributed by atoms with van der Waals surface area (Å²) in [5.41, 5.74) is 0.429. The molecular weight excluding hydrogens is 293 g/mol. The molecule has 0 radical (unpaired) electrons. The van der Waals surface area contributed by atoms with Gasteiger partial charge in [-0.3, -0.25) is 4.79 Å². The molecule has 0 heterocycles. The Balaban J connectivity index is 1.93. The summed E-state index contributed by atoms with van der Waals surface area (Å²) in [7, 11) is -3.48. The van der Waals surface area contributed by atoms with E-state index in [1.165, 1.54) is 36.4 Å². The van der Waals surface area contributed by atoms with E-state index in [0.29, 0.717) is 5.69 Å². The molecule has 0 aromatic heterocycles. The molecule has 2 aromatic carbocycles. The molecule has 0 aliphatic rings. The van der Waals surface area contributed by atoms with Gasteiger partial charge in [-0.15, -0.1) is 0 Å². The second-order valence-electron chi connectivity index (χ2n) is 4.44. The first-order valence-corrected chi connectivity index (χ1v) is 7.96. The standard InChI is InChI=1S/C15H14FNO3S/c16-12-6-8-13(9-7-12)17-15(18)10-11-21(19,20)14-4-2-1-3-5-14/h1-9H,10-11H2,(H,17,18). The van der Waals surface area contributed by atoms with Gasteiger partial charge in [0.15, 0.2) is 9.84 Å². The molecule has 4 nitrogen and oxygen atoms in total. The van der Waals surface area contributed by atoms with Crippen LogP contribution in [0.25, 0.3) is 0 Å². The topological polar surface area (TPSA) is 63.2 Å². The first kappa shape index (κ1) is 15.2. The van der Waals surface area contributed by atoms with E-state index in [0.717, 1.165) is 0 Å². The minimum Gasteiger partial charge on any atom is -0.326 e. The van der Waals surface area contributed by atoms with Crippen molar-refractivity contribution in [3.05, 3.63) is 60.4 Å². The second-order valence-corrected chi connectivity index (χ2v) is 6.55. The van der Waals surface area contributed by atoms with E-state index in [1.54, 1.807) is 18.2 Å².